The molecule has 0 aliphatic carbocycles. The Hall–Kier alpha value is -1.57. The SMILES string of the molecule is Cc1cc(C(=O)Nc2c(Cl)cccc2Cl)nn1C1CCS(=O)(=O)C1. The molecule has 1 atom stereocenters. The van der Waals surface area contributed by atoms with Crippen LogP contribution < -0.4 is 5.32 Å². The number of nitrogens with zero attached hydrogens (tertiary/aromatic N) is 2. The molecule has 1 aromatic heterocycles. The van der Waals surface area contributed by atoms with Gasteiger partial charge in [0.05, 0.1) is 33.3 Å². The van der Waals surface area contributed by atoms with Crippen LogP contribution in [-0.2, 0) is 9.84 Å². The third-order valence-corrected chi connectivity index (χ3v) is 6.29. The van der Waals surface area contributed by atoms with Crippen LogP contribution in [0.3, 0.4) is 0 Å². The van der Waals surface area contributed by atoms with Gasteiger partial charge < -0.3 is 5.32 Å². The van der Waals surface area contributed by atoms with E-state index in [0.29, 0.717) is 22.2 Å². The lowest BCUT2D eigenvalue weighted by molar-refractivity contribution is 0.102. The topological polar surface area (TPSA) is 81.1 Å². The molecule has 128 valence electrons. The van der Waals surface area contributed by atoms with E-state index >= 15 is 0 Å². The number of para-hydroxylation sites is 1. The van der Waals surface area contributed by atoms with Crippen molar-refractivity contribution in [3.05, 3.63) is 45.7 Å². The van der Waals surface area contributed by atoms with Crippen LogP contribution in [0.15, 0.2) is 24.3 Å². The summed E-state index contributed by atoms with van der Waals surface area (Å²) in [5, 5.41) is 7.57. The van der Waals surface area contributed by atoms with Crippen LogP contribution in [0.2, 0.25) is 10.0 Å². The summed E-state index contributed by atoms with van der Waals surface area (Å²) in [6.45, 7) is 1.79. The molecule has 24 heavy (non-hydrogen) atoms. The lowest BCUT2D eigenvalue weighted by Gasteiger charge is -2.10. The number of hydrogen-bond acceptors (Lipinski definition) is 4. The highest BCUT2D eigenvalue weighted by molar-refractivity contribution is 7.91. The Morgan fingerprint density at radius 1 is 1.33 bits per heavy atom. The van der Waals surface area contributed by atoms with E-state index in [2.05, 4.69) is 10.4 Å². The van der Waals surface area contributed by atoms with Crippen LogP contribution in [-0.4, -0.2) is 35.6 Å². The normalized spacial score (nSPS) is 19.4. The molecule has 3 rings (SSSR count). The average Bonchev–Trinajstić information content (AvgIpc) is 3.05. The van der Waals surface area contributed by atoms with Gasteiger partial charge in [0.25, 0.3) is 5.91 Å². The Bertz CT molecular complexity index is 888. The molecule has 2 aromatic rings. The summed E-state index contributed by atoms with van der Waals surface area (Å²) in [6, 6.07) is 6.30. The maximum Gasteiger partial charge on any atom is 0.276 e. The van der Waals surface area contributed by atoms with E-state index in [4.69, 9.17) is 23.2 Å². The first kappa shape index (κ1) is 17.3. The Kier molecular flexibility index (Phi) is 4.59. The number of benzene rings is 1. The van der Waals surface area contributed by atoms with E-state index in [-0.39, 0.29) is 23.2 Å². The second-order valence-corrected chi connectivity index (χ2v) is 8.77. The quantitative estimate of drug-likeness (QED) is 0.876. The lowest BCUT2D eigenvalue weighted by atomic mass is 10.2. The van der Waals surface area contributed by atoms with Gasteiger partial charge in [0.2, 0.25) is 0 Å². The molecule has 1 N–H and O–H groups in total. The zero-order valence-electron chi connectivity index (χ0n) is 12.8. The van der Waals surface area contributed by atoms with Gasteiger partial charge in [0.15, 0.2) is 15.5 Å². The molecule has 1 unspecified atom stereocenters. The zero-order chi connectivity index (χ0) is 17.5. The lowest BCUT2D eigenvalue weighted by Crippen LogP contribution is -2.17. The molecule has 1 aliphatic heterocycles. The number of hydrogen-bond donors (Lipinski definition) is 1. The molecular weight excluding hydrogens is 373 g/mol. The summed E-state index contributed by atoms with van der Waals surface area (Å²) in [4.78, 5) is 12.4. The van der Waals surface area contributed by atoms with Crippen molar-refractivity contribution in [1.29, 1.82) is 0 Å². The van der Waals surface area contributed by atoms with Crippen LogP contribution >= 0.6 is 23.2 Å². The molecule has 1 fully saturated rings. The number of aromatic nitrogens is 2. The molecule has 0 radical (unpaired) electrons. The van der Waals surface area contributed by atoms with Gasteiger partial charge in [-0.2, -0.15) is 5.10 Å². The van der Waals surface area contributed by atoms with Gasteiger partial charge in [-0.15, -0.1) is 0 Å². The molecule has 9 heteroatoms. The van der Waals surface area contributed by atoms with Crippen molar-refractivity contribution in [2.75, 3.05) is 16.8 Å². The second kappa shape index (κ2) is 6.38. The van der Waals surface area contributed by atoms with Crippen LogP contribution in [0.4, 0.5) is 5.69 Å². The van der Waals surface area contributed by atoms with E-state index in [1.54, 1.807) is 35.9 Å². The van der Waals surface area contributed by atoms with E-state index in [0.717, 1.165) is 5.69 Å². The van der Waals surface area contributed by atoms with E-state index in [1.807, 2.05) is 0 Å². The van der Waals surface area contributed by atoms with Crippen molar-refractivity contribution in [3.8, 4) is 0 Å². The van der Waals surface area contributed by atoms with Crippen molar-refractivity contribution in [1.82, 2.24) is 9.78 Å². The van der Waals surface area contributed by atoms with Crippen molar-refractivity contribution < 1.29 is 13.2 Å². The Morgan fingerprint density at radius 3 is 2.58 bits per heavy atom. The van der Waals surface area contributed by atoms with Crippen molar-refractivity contribution in [2.24, 2.45) is 0 Å². The van der Waals surface area contributed by atoms with E-state index in [1.165, 1.54) is 0 Å². The fourth-order valence-corrected chi connectivity index (χ4v) is 4.92. The maximum absolute atomic E-state index is 12.4. The first-order chi connectivity index (χ1) is 11.3. The number of sulfone groups is 1. The van der Waals surface area contributed by atoms with Gasteiger partial charge >= 0.3 is 0 Å². The van der Waals surface area contributed by atoms with Crippen molar-refractivity contribution in [2.45, 2.75) is 19.4 Å². The Balaban J connectivity index is 1.83. The number of halogens is 2. The predicted octanol–water partition coefficient (Wildman–Crippen LogP) is 3.11. The standard InChI is InChI=1S/C15H15Cl2N3O3S/c1-9-7-13(19-20(9)10-5-6-24(22,23)8-10)15(21)18-14-11(16)3-2-4-12(14)17/h2-4,7,10H,5-6,8H2,1H3,(H,18,21). The zero-order valence-corrected chi connectivity index (χ0v) is 15.1. The van der Waals surface area contributed by atoms with Crippen LogP contribution in [0, 0.1) is 6.92 Å². The number of amides is 1. The molecule has 6 nitrogen and oxygen atoms in total. The molecule has 0 spiro atoms. The molecule has 1 aliphatic rings. The monoisotopic (exact) mass is 387 g/mol. The van der Waals surface area contributed by atoms with E-state index < -0.39 is 15.7 Å². The van der Waals surface area contributed by atoms with Gasteiger partial charge in [-0.1, -0.05) is 29.3 Å². The number of carbonyl (C=O) groups excluding carboxylic acids is 1. The van der Waals surface area contributed by atoms with Crippen LogP contribution in [0.1, 0.15) is 28.6 Å². The second-order valence-electron chi connectivity index (χ2n) is 5.72. The fraction of sp³-hybridized carbons (Fsp3) is 0.333. The number of anilines is 1. The summed E-state index contributed by atoms with van der Waals surface area (Å²) < 4.78 is 24.9. The summed E-state index contributed by atoms with van der Waals surface area (Å²) >= 11 is 12.1. The third kappa shape index (κ3) is 3.43. The largest absolute Gasteiger partial charge is 0.318 e. The predicted molar refractivity (Wildman–Crippen MR) is 93.7 cm³/mol. The third-order valence-electron chi connectivity index (χ3n) is 3.91. The number of aryl methyl sites for hydroxylation is 1. The van der Waals surface area contributed by atoms with E-state index in [9.17, 15) is 13.2 Å². The van der Waals surface area contributed by atoms with Gasteiger partial charge in [-0.3, -0.25) is 9.48 Å². The minimum Gasteiger partial charge on any atom is -0.318 e. The Morgan fingerprint density at radius 2 is 2.00 bits per heavy atom. The first-order valence-electron chi connectivity index (χ1n) is 7.29. The van der Waals surface area contributed by atoms with Gasteiger partial charge in [0, 0.05) is 5.69 Å². The summed E-state index contributed by atoms with van der Waals surface area (Å²) in [5.41, 5.74) is 1.24. The smallest absolute Gasteiger partial charge is 0.276 e. The molecule has 0 saturated carbocycles. The molecule has 0 bridgehead atoms. The molecule has 1 aromatic carbocycles. The van der Waals surface area contributed by atoms with Crippen LogP contribution in [0.5, 0.6) is 0 Å². The molecule has 1 amide bonds. The average molecular weight is 388 g/mol. The van der Waals surface area contributed by atoms with Gasteiger partial charge in [-0.25, -0.2) is 8.42 Å². The van der Waals surface area contributed by atoms with Crippen molar-refractivity contribution >= 4 is 44.6 Å². The first-order valence-corrected chi connectivity index (χ1v) is 9.86. The molecule has 1 saturated heterocycles. The van der Waals surface area contributed by atoms with Crippen LogP contribution in [0.25, 0.3) is 0 Å². The summed E-state index contributed by atoms with van der Waals surface area (Å²) in [5.74, 6) is -0.256. The summed E-state index contributed by atoms with van der Waals surface area (Å²) in [7, 11) is -3.03. The minimum absolute atomic E-state index is 0.0485. The van der Waals surface area contributed by atoms with Crippen molar-refractivity contribution in [3.63, 3.8) is 0 Å². The van der Waals surface area contributed by atoms with Gasteiger partial charge in [-0.05, 0) is 31.5 Å². The molecular formula is C15H15Cl2N3O3S. The minimum atomic E-state index is -3.03. The highest BCUT2D eigenvalue weighted by Gasteiger charge is 2.31. The maximum atomic E-state index is 12.4. The highest BCUT2D eigenvalue weighted by atomic mass is 35.5. The number of nitrogens with one attached hydrogen (secondary N) is 1. The number of carbonyl (C=O) groups is 1. The Labute approximate surface area is 149 Å². The molecule has 2 heterocycles. The highest BCUT2D eigenvalue weighted by Crippen LogP contribution is 2.30. The fourth-order valence-electron chi connectivity index (χ4n) is 2.73. The summed E-state index contributed by atoms with van der Waals surface area (Å²) in [6.07, 6.45) is 0.502. The van der Waals surface area contributed by atoms with Gasteiger partial charge in [0.1, 0.15) is 0 Å². The number of rotatable bonds is 3.